The van der Waals surface area contributed by atoms with Gasteiger partial charge >= 0.3 is 0 Å². The first-order valence-electron chi connectivity index (χ1n) is 12.6. The number of nitrogens with one attached hydrogen (secondary N) is 2. The molecule has 2 amide bonds. The topological polar surface area (TPSA) is 125 Å². The number of furan rings is 1. The average molecular weight is 502 g/mol. The minimum absolute atomic E-state index is 0.0187. The Balaban J connectivity index is 1.44. The lowest BCUT2D eigenvalue weighted by Gasteiger charge is -2.58. The van der Waals surface area contributed by atoms with Gasteiger partial charge in [-0.15, -0.1) is 11.3 Å². The van der Waals surface area contributed by atoms with Crippen LogP contribution in [-0.2, 0) is 22.6 Å². The molecule has 5 rings (SSSR count). The maximum Gasteiger partial charge on any atom is 0.229 e. The molecule has 2 aromatic rings. The van der Waals surface area contributed by atoms with Crippen LogP contribution in [-0.4, -0.2) is 39.7 Å². The fourth-order valence-corrected chi connectivity index (χ4v) is 7.50. The number of hydrogen-bond acceptors (Lipinski definition) is 7. The third kappa shape index (κ3) is 4.32. The van der Waals surface area contributed by atoms with E-state index in [1.807, 2.05) is 13.0 Å². The number of aliphatic hydroxyl groups is 2. The molecule has 0 saturated heterocycles. The molecular formula is C26H35N3O5S. The highest BCUT2D eigenvalue weighted by Crippen LogP contribution is 2.62. The molecule has 2 fully saturated rings. The molecule has 8 nitrogen and oxygen atoms in total. The molecule has 2 saturated carbocycles. The van der Waals surface area contributed by atoms with Crippen molar-refractivity contribution in [1.82, 2.24) is 10.3 Å². The molecule has 190 valence electrons. The van der Waals surface area contributed by atoms with Crippen LogP contribution in [0, 0.1) is 22.7 Å². The van der Waals surface area contributed by atoms with Gasteiger partial charge in [0, 0.05) is 28.5 Å². The summed E-state index contributed by atoms with van der Waals surface area (Å²) in [6.45, 7) is 4.33. The van der Waals surface area contributed by atoms with E-state index in [0.717, 1.165) is 36.3 Å². The Hall–Kier alpha value is -2.23. The minimum atomic E-state index is -0.674. The van der Waals surface area contributed by atoms with Crippen molar-refractivity contribution in [2.24, 2.45) is 22.7 Å². The fourth-order valence-electron chi connectivity index (χ4n) is 6.43. The molecule has 5 unspecified atom stereocenters. The number of thiazole rings is 1. The second-order valence-electron chi connectivity index (χ2n) is 11.0. The van der Waals surface area contributed by atoms with Crippen LogP contribution < -0.4 is 10.6 Å². The molecule has 3 aliphatic carbocycles. The Labute approximate surface area is 209 Å². The summed E-state index contributed by atoms with van der Waals surface area (Å²) in [4.78, 5) is 31.6. The van der Waals surface area contributed by atoms with Gasteiger partial charge in [-0.1, -0.05) is 20.3 Å². The highest BCUT2D eigenvalue weighted by atomic mass is 32.1. The molecule has 0 aromatic carbocycles. The van der Waals surface area contributed by atoms with Gasteiger partial charge in [0.2, 0.25) is 11.8 Å². The van der Waals surface area contributed by atoms with Crippen LogP contribution in [0.3, 0.4) is 0 Å². The summed E-state index contributed by atoms with van der Waals surface area (Å²) < 4.78 is 5.34. The van der Waals surface area contributed by atoms with Crippen LogP contribution in [0.4, 0.5) is 5.13 Å². The van der Waals surface area contributed by atoms with E-state index in [1.165, 1.54) is 11.3 Å². The molecule has 3 aliphatic rings. The molecular weight excluding hydrogens is 466 g/mol. The molecule has 35 heavy (non-hydrogen) atoms. The third-order valence-corrected chi connectivity index (χ3v) is 10.0. The molecule has 0 bridgehead atoms. The first kappa shape index (κ1) is 24.5. The quantitative estimate of drug-likeness (QED) is 0.460. The summed E-state index contributed by atoms with van der Waals surface area (Å²) in [5.74, 6) is 0.479. The monoisotopic (exact) mass is 501 g/mol. The van der Waals surface area contributed by atoms with Crippen LogP contribution in [0.5, 0.6) is 0 Å². The summed E-state index contributed by atoms with van der Waals surface area (Å²) in [7, 11) is 0. The van der Waals surface area contributed by atoms with Crippen molar-refractivity contribution >= 4 is 28.3 Å². The number of hydrogen-bond donors (Lipinski definition) is 4. The van der Waals surface area contributed by atoms with Crippen molar-refractivity contribution in [3.8, 4) is 0 Å². The van der Waals surface area contributed by atoms with Crippen molar-refractivity contribution in [3.63, 3.8) is 0 Å². The fraction of sp³-hybridized carbons (Fsp3) is 0.654. The van der Waals surface area contributed by atoms with E-state index in [1.54, 1.807) is 12.3 Å². The maximum absolute atomic E-state index is 13.1. The van der Waals surface area contributed by atoms with E-state index in [0.29, 0.717) is 30.3 Å². The molecule has 2 aromatic heterocycles. The van der Waals surface area contributed by atoms with E-state index in [2.05, 4.69) is 17.6 Å². The predicted octanol–water partition coefficient (Wildman–Crippen LogP) is 3.60. The summed E-state index contributed by atoms with van der Waals surface area (Å²) in [5, 5.41) is 27.8. The molecule has 5 atom stereocenters. The predicted molar refractivity (Wildman–Crippen MR) is 132 cm³/mol. The summed E-state index contributed by atoms with van der Waals surface area (Å²) in [6, 6.07) is 3.61. The van der Waals surface area contributed by atoms with Crippen LogP contribution in [0.1, 0.15) is 74.6 Å². The first-order chi connectivity index (χ1) is 16.7. The van der Waals surface area contributed by atoms with E-state index in [9.17, 15) is 19.8 Å². The summed E-state index contributed by atoms with van der Waals surface area (Å²) >= 11 is 1.47. The highest BCUT2D eigenvalue weighted by molar-refractivity contribution is 7.15. The summed E-state index contributed by atoms with van der Waals surface area (Å²) in [6.07, 6.45) is 6.13. The van der Waals surface area contributed by atoms with Crippen molar-refractivity contribution in [3.05, 3.63) is 34.7 Å². The van der Waals surface area contributed by atoms with Gasteiger partial charge in [0.1, 0.15) is 5.76 Å². The minimum Gasteiger partial charge on any atom is -0.467 e. The SMILES string of the molecule is CC1(CO)C(O)CCC2(C)C(CC(=O)NCc3ccco3)c3nc(NC(=O)C4CCC4)sc3CC12. The number of anilines is 1. The Morgan fingerprint density at radius 1 is 1.29 bits per heavy atom. The van der Waals surface area contributed by atoms with Gasteiger partial charge in [-0.05, 0) is 55.6 Å². The Bertz CT molecular complexity index is 1080. The lowest BCUT2D eigenvalue weighted by atomic mass is 9.47. The lowest BCUT2D eigenvalue weighted by molar-refractivity contribution is -0.144. The van der Waals surface area contributed by atoms with Crippen molar-refractivity contribution in [1.29, 1.82) is 0 Å². The van der Waals surface area contributed by atoms with Crippen LogP contribution >= 0.6 is 11.3 Å². The number of fused-ring (bicyclic) bond motifs is 2. The number of amides is 2. The zero-order valence-corrected chi connectivity index (χ0v) is 21.2. The Morgan fingerprint density at radius 2 is 2.09 bits per heavy atom. The first-order valence-corrected chi connectivity index (χ1v) is 13.4. The number of aliphatic hydroxyl groups excluding tert-OH is 2. The maximum atomic E-state index is 13.1. The zero-order valence-electron chi connectivity index (χ0n) is 20.4. The molecule has 0 spiro atoms. The van der Waals surface area contributed by atoms with Crippen molar-refractivity contribution in [2.75, 3.05) is 11.9 Å². The number of nitrogens with zero attached hydrogens (tertiary/aromatic N) is 1. The Kier molecular flexibility index (Phi) is 6.52. The van der Waals surface area contributed by atoms with E-state index in [-0.39, 0.29) is 48.0 Å². The number of aromatic nitrogens is 1. The number of carbonyl (C=O) groups is 2. The van der Waals surface area contributed by atoms with Crippen molar-refractivity contribution < 1.29 is 24.2 Å². The summed E-state index contributed by atoms with van der Waals surface area (Å²) in [5.41, 5.74) is -0.121. The molecule has 0 radical (unpaired) electrons. The van der Waals surface area contributed by atoms with Crippen molar-refractivity contribution in [2.45, 2.75) is 77.4 Å². The van der Waals surface area contributed by atoms with Gasteiger partial charge in [-0.2, -0.15) is 0 Å². The van der Waals surface area contributed by atoms with Gasteiger partial charge < -0.3 is 25.3 Å². The molecule has 0 aliphatic heterocycles. The largest absolute Gasteiger partial charge is 0.467 e. The second-order valence-corrected chi connectivity index (χ2v) is 12.1. The lowest BCUT2D eigenvalue weighted by Crippen LogP contribution is -2.57. The van der Waals surface area contributed by atoms with E-state index >= 15 is 0 Å². The second kappa shape index (κ2) is 9.33. The normalized spacial score (nSPS) is 32.3. The van der Waals surface area contributed by atoms with Crippen LogP contribution in [0.25, 0.3) is 0 Å². The standard InChI is InChI=1S/C26H35N3O5S/c1-25-9-8-20(31)26(2,14-30)19(25)12-18-22(28-24(35-18)29-23(33)15-5-3-6-15)17(25)11-21(32)27-13-16-7-4-10-34-16/h4,7,10,15,17,19-20,30-31H,3,5-6,8-9,11-14H2,1-2H3,(H,27,32)(H,28,29,33). The van der Waals surface area contributed by atoms with E-state index in [4.69, 9.17) is 9.40 Å². The zero-order chi connectivity index (χ0) is 24.8. The molecule has 2 heterocycles. The third-order valence-electron chi connectivity index (χ3n) is 9.03. The van der Waals surface area contributed by atoms with Gasteiger partial charge in [0.15, 0.2) is 5.13 Å². The smallest absolute Gasteiger partial charge is 0.229 e. The van der Waals surface area contributed by atoms with Gasteiger partial charge in [0.05, 0.1) is 31.2 Å². The highest BCUT2D eigenvalue weighted by Gasteiger charge is 2.59. The number of carbonyl (C=O) groups excluding carboxylic acids is 2. The molecule has 4 N–H and O–H groups in total. The Morgan fingerprint density at radius 3 is 2.74 bits per heavy atom. The van der Waals surface area contributed by atoms with Crippen LogP contribution in [0.2, 0.25) is 0 Å². The van der Waals surface area contributed by atoms with Crippen LogP contribution in [0.15, 0.2) is 22.8 Å². The van der Waals surface area contributed by atoms with Gasteiger partial charge in [-0.25, -0.2) is 4.98 Å². The molecule has 9 heteroatoms. The number of rotatable bonds is 7. The van der Waals surface area contributed by atoms with Gasteiger partial charge in [-0.3, -0.25) is 9.59 Å². The average Bonchev–Trinajstić information content (AvgIpc) is 3.45. The van der Waals surface area contributed by atoms with Gasteiger partial charge in [0.25, 0.3) is 0 Å². The van der Waals surface area contributed by atoms with E-state index < -0.39 is 11.5 Å².